The zero-order chi connectivity index (χ0) is 41.8. The Labute approximate surface area is 341 Å². The van der Waals surface area contributed by atoms with E-state index in [0.717, 1.165) is 12.1 Å². The number of aliphatic carboxylic acids is 1. The average molecular weight is 842 g/mol. The third kappa shape index (κ3) is 4.55. The topological polar surface area (TPSA) is 260 Å². The summed E-state index contributed by atoms with van der Waals surface area (Å²) in [5.41, 5.74) is 0.593. The van der Waals surface area contributed by atoms with Crippen molar-refractivity contribution in [3.63, 3.8) is 0 Å². The lowest BCUT2D eigenvalue weighted by Crippen LogP contribution is -2.17. The smallest absolute Gasteiger partial charge is 0.329 e. The Hall–Kier alpha value is -7.08. The number of ether oxygens (including phenoxy) is 1. The number of aromatic nitrogens is 1. The minimum Gasteiger partial charge on any atom is -0.507 e. The lowest BCUT2D eigenvalue weighted by molar-refractivity contribution is -0.137. The van der Waals surface area contributed by atoms with Crippen LogP contribution in [0.3, 0.4) is 0 Å². The largest absolute Gasteiger partial charge is 0.507 e. The van der Waals surface area contributed by atoms with Crippen LogP contribution in [0.4, 0.5) is 5.69 Å². The number of hydrogen-bond acceptors (Lipinski definition) is 16. The molecule has 0 amide bonds. The minimum atomic E-state index is -1.02. The fourth-order valence-corrected chi connectivity index (χ4v) is 11.5. The van der Waals surface area contributed by atoms with Crippen LogP contribution in [0.15, 0.2) is 51.0 Å². The summed E-state index contributed by atoms with van der Waals surface area (Å²) in [5, 5.41) is 94.7. The maximum absolute atomic E-state index is 14.2. The Morgan fingerprint density at radius 2 is 1.28 bits per heavy atom. The molecule has 2 heterocycles. The van der Waals surface area contributed by atoms with Crippen LogP contribution in [0, 0.1) is 6.92 Å². The number of fused-ring (bicyclic) bond motifs is 3. The van der Waals surface area contributed by atoms with Crippen LogP contribution in [0.2, 0.25) is 0 Å². The molecule has 15 nitrogen and oxygen atoms in total. The Kier molecular flexibility index (Phi) is 7.34. The summed E-state index contributed by atoms with van der Waals surface area (Å²) < 4.78 is 6.79. The van der Waals surface area contributed by atoms with Crippen LogP contribution >= 0.6 is 23.1 Å². The number of thiazole rings is 1. The van der Waals surface area contributed by atoms with Crippen LogP contribution in [-0.4, -0.2) is 81.8 Å². The van der Waals surface area contributed by atoms with Gasteiger partial charge in [-0.2, -0.15) is 0 Å². The van der Waals surface area contributed by atoms with Crippen LogP contribution in [0.5, 0.6) is 40.2 Å². The molecular weight excluding hydrogens is 815 g/mol. The number of benzene rings is 9. The Morgan fingerprint density at radius 1 is 0.717 bits per heavy atom. The summed E-state index contributed by atoms with van der Waals surface area (Å²) in [5.74, 6) is -3.96. The summed E-state index contributed by atoms with van der Waals surface area (Å²) in [4.78, 5) is 48.4. The molecule has 10 aromatic rings. The highest BCUT2D eigenvalue weighted by atomic mass is 32.2. The highest BCUT2D eigenvalue weighted by Gasteiger charge is 2.34. The van der Waals surface area contributed by atoms with Crippen molar-refractivity contribution in [2.24, 2.45) is 4.99 Å². The number of nitrogens with one attached hydrogen (secondary N) is 1. The van der Waals surface area contributed by atoms with Crippen molar-refractivity contribution in [2.75, 3.05) is 24.2 Å². The van der Waals surface area contributed by atoms with Gasteiger partial charge in [-0.3, -0.25) is 14.6 Å². The predicted octanol–water partition coefficient (Wildman–Crippen LogP) is 6.66. The maximum Gasteiger partial charge on any atom is 0.329 e. The molecule has 0 radical (unpaired) electrons. The number of phenolic OH excluding ortho intramolecular Hbond substituents is 7. The molecule has 1 unspecified atom stereocenters. The van der Waals surface area contributed by atoms with Crippen molar-refractivity contribution in [1.82, 2.24) is 4.98 Å². The fourth-order valence-electron chi connectivity index (χ4n) is 9.28. The summed E-state index contributed by atoms with van der Waals surface area (Å²) in [6.45, 7) is 1.75. The maximum atomic E-state index is 14.2. The molecule has 298 valence electrons. The third-order valence-electron chi connectivity index (χ3n) is 11.6. The van der Waals surface area contributed by atoms with Gasteiger partial charge in [0.05, 0.1) is 50.7 Å². The van der Waals surface area contributed by atoms with E-state index in [1.54, 1.807) is 13.0 Å². The summed E-state index contributed by atoms with van der Waals surface area (Å²) in [7, 11) is 0. The third-order valence-corrected chi connectivity index (χ3v) is 13.9. The number of phenols is 7. The van der Waals surface area contributed by atoms with Crippen molar-refractivity contribution in [1.29, 1.82) is 0 Å². The molecule has 0 spiro atoms. The predicted molar refractivity (Wildman–Crippen MR) is 231 cm³/mol. The summed E-state index contributed by atoms with van der Waals surface area (Å²) >= 11 is 2.56. The van der Waals surface area contributed by atoms with Crippen LogP contribution in [0.25, 0.3) is 85.6 Å². The molecule has 0 saturated heterocycles. The number of carboxylic acids is 1. The lowest BCUT2D eigenvalue weighted by atomic mass is 9.77. The van der Waals surface area contributed by atoms with Crippen molar-refractivity contribution in [3.8, 4) is 40.2 Å². The summed E-state index contributed by atoms with van der Waals surface area (Å²) in [6.07, 6.45) is 0. The number of carbonyl (C=O) groups is 1. The first-order valence-corrected chi connectivity index (χ1v) is 20.2. The zero-order valence-corrected chi connectivity index (χ0v) is 32.4. The van der Waals surface area contributed by atoms with E-state index in [1.807, 2.05) is 0 Å². The van der Waals surface area contributed by atoms with Gasteiger partial charge >= 0.3 is 5.97 Å². The van der Waals surface area contributed by atoms with Crippen molar-refractivity contribution in [2.45, 2.75) is 19.6 Å². The molecule has 9 N–H and O–H groups in total. The average Bonchev–Trinajstić information content (AvgIpc) is 3.86. The van der Waals surface area contributed by atoms with Gasteiger partial charge in [0.15, 0.2) is 16.9 Å². The first kappa shape index (κ1) is 36.0. The molecule has 1 aromatic heterocycles. The molecule has 0 aliphatic carbocycles. The lowest BCUT2D eigenvalue weighted by Gasteiger charge is -2.26. The molecule has 0 bridgehead atoms. The van der Waals surface area contributed by atoms with Crippen molar-refractivity contribution < 1.29 is 50.4 Å². The van der Waals surface area contributed by atoms with E-state index >= 15 is 0 Å². The second kappa shape index (κ2) is 12.2. The van der Waals surface area contributed by atoms with Gasteiger partial charge in [-0.15, -0.1) is 23.1 Å². The highest BCUT2D eigenvalue weighted by molar-refractivity contribution is 8.15. The molecule has 1 atom stereocenters. The fraction of sp³-hybridized carbons (Fsp3) is 0.140. The molecular formula is C43H27N3O12S2. The first-order valence-electron chi connectivity index (χ1n) is 18.4. The number of aliphatic imine (C=N–C) groups is 1. The van der Waals surface area contributed by atoms with Gasteiger partial charge in [0.2, 0.25) is 0 Å². The van der Waals surface area contributed by atoms with E-state index in [4.69, 9.17) is 4.74 Å². The van der Waals surface area contributed by atoms with Gasteiger partial charge in [0.25, 0.3) is 0 Å². The van der Waals surface area contributed by atoms with E-state index in [2.05, 4.69) is 15.3 Å². The number of rotatable bonds is 8. The number of nitrogens with zero attached hydrogens (tertiary/aromatic N) is 2. The van der Waals surface area contributed by atoms with E-state index in [-0.39, 0.29) is 90.1 Å². The number of thioether (sulfide) groups is 1. The highest BCUT2D eigenvalue weighted by Crippen LogP contribution is 2.60. The van der Waals surface area contributed by atoms with E-state index in [9.17, 15) is 55.2 Å². The van der Waals surface area contributed by atoms with Crippen LogP contribution < -0.4 is 16.2 Å². The van der Waals surface area contributed by atoms with E-state index in [1.165, 1.54) is 41.3 Å². The molecule has 0 fully saturated rings. The standard InChI is InChI=1S/C43H27N3O12S2/c1-12-6-17(48)27-31-23(12)24-13(10-58-5-4-44-37-16(47)3-2-14-40(37)60-42(45-14)41-46-15(11-59-41)43(56)57)7-18(49)28-32(24)36-34-26(20(51)9-22(53)30(34)39(28)55)25-19(50)8-21(52)29(38(27)54)33(25)35(31)36/h2-3,6-9,15,44,47,50-55H,4-5,10-11H2,1H3,(H,56,57). The Morgan fingerprint density at radius 3 is 1.90 bits per heavy atom. The number of aryl methyl sites for hydroxylation is 1. The van der Waals surface area contributed by atoms with Gasteiger partial charge in [-0.25, -0.2) is 9.78 Å². The first-order chi connectivity index (χ1) is 28.8. The van der Waals surface area contributed by atoms with Gasteiger partial charge in [-0.1, -0.05) is 0 Å². The monoisotopic (exact) mass is 841 g/mol. The quantitative estimate of drug-likeness (QED) is 0.0335. The van der Waals surface area contributed by atoms with Crippen molar-refractivity contribution >= 4 is 125 Å². The molecule has 11 rings (SSSR count). The van der Waals surface area contributed by atoms with Gasteiger partial charge in [0, 0.05) is 67.5 Å². The van der Waals surface area contributed by atoms with Gasteiger partial charge in [-0.05, 0) is 53.1 Å². The zero-order valence-electron chi connectivity index (χ0n) is 30.8. The van der Waals surface area contributed by atoms with E-state index in [0.29, 0.717) is 53.6 Å². The molecule has 17 heteroatoms. The van der Waals surface area contributed by atoms with Crippen LogP contribution in [-0.2, 0) is 16.1 Å². The van der Waals surface area contributed by atoms with Crippen molar-refractivity contribution in [3.05, 3.63) is 73.0 Å². The van der Waals surface area contributed by atoms with Gasteiger partial charge < -0.3 is 50.9 Å². The van der Waals surface area contributed by atoms with Crippen LogP contribution in [0.1, 0.15) is 16.1 Å². The number of carboxylic acid groups (broad SMARTS) is 1. The molecule has 1 aliphatic rings. The number of hydrogen-bond donors (Lipinski definition) is 9. The second-order valence-corrected chi connectivity index (χ2v) is 16.9. The van der Waals surface area contributed by atoms with Gasteiger partial charge in [0.1, 0.15) is 50.3 Å². The molecule has 1 aliphatic heterocycles. The SMILES string of the molecule is Cc1cc(=O)c2c(O)c3c(O)cc(O)c4c5c(O)cc(O)c6c(O)c7c(=O)cc(COCCNc8c(O)ccc9nc(C%10=NC(C(=O)O)CS%10)sc89)c8c1c2c(c34)c(c65)c78. The number of anilines is 1. The molecule has 9 aromatic carbocycles. The Balaban J connectivity index is 1.08. The molecule has 0 saturated carbocycles. The number of aromatic hydroxyl groups is 7. The Bertz CT molecular complexity index is 3720. The second-order valence-electron chi connectivity index (χ2n) is 14.9. The van der Waals surface area contributed by atoms with E-state index < -0.39 is 57.4 Å². The minimum absolute atomic E-state index is 0.0178. The normalized spacial score (nSPS) is 14.9. The molecule has 60 heavy (non-hydrogen) atoms. The summed E-state index contributed by atoms with van der Waals surface area (Å²) in [6, 6.07) is 6.88.